The molecule has 1 atom stereocenters. The van der Waals surface area contributed by atoms with Crippen LogP contribution in [0.3, 0.4) is 0 Å². The van der Waals surface area contributed by atoms with E-state index in [1.165, 1.54) is 5.69 Å². The van der Waals surface area contributed by atoms with Crippen molar-refractivity contribution in [3.63, 3.8) is 0 Å². The van der Waals surface area contributed by atoms with Gasteiger partial charge in [0.15, 0.2) is 0 Å². The van der Waals surface area contributed by atoms with E-state index in [4.69, 9.17) is 0 Å². The Hall–Kier alpha value is -0.610. The third-order valence-corrected chi connectivity index (χ3v) is 3.77. The minimum Gasteiger partial charge on any atom is -0.390 e. The zero-order chi connectivity index (χ0) is 11.6. The first-order chi connectivity index (χ1) is 7.58. The van der Waals surface area contributed by atoms with Crippen LogP contribution in [0.1, 0.15) is 26.2 Å². The van der Waals surface area contributed by atoms with Gasteiger partial charge in [0.25, 0.3) is 0 Å². The number of aliphatic hydroxyl groups is 1. The fourth-order valence-electron chi connectivity index (χ4n) is 2.13. The van der Waals surface area contributed by atoms with E-state index in [1.807, 2.05) is 25.4 Å². The van der Waals surface area contributed by atoms with Gasteiger partial charge in [0.2, 0.25) is 0 Å². The summed E-state index contributed by atoms with van der Waals surface area (Å²) in [6.45, 7) is 3.83. The van der Waals surface area contributed by atoms with Gasteiger partial charge in [0.1, 0.15) is 0 Å². The summed E-state index contributed by atoms with van der Waals surface area (Å²) in [5, 5.41) is 10.0. The third-order valence-electron chi connectivity index (χ3n) is 3.16. The Morgan fingerprint density at radius 2 is 2.25 bits per heavy atom. The molecule has 0 amide bonds. The maximum atomic E-state index is 10.0. The van der Waals surface area contributed by atoms with Crippen LogP contribution in [0.5, 0.6) is 0 Å². The number of halogens is 1. The first-order valence-corrected chi connectivity index (χ1v) is 6.45. The Morgan fingerprint density at radius 1 is 1.44 bits per heavy atom. The van der Waals surface area contributed by atoms with Crippen LogP contribution in [-0.4, -0.2) is 28.8 Å². The molecular formula is C12H17BrN2O. The van der Waals surface area contributed by atoms with Crippen molar-refractivity contribution in [1.82, 2.24) is 4.98 Å². The van der Waals surface area contributed by atoms with Gasteiger partial charge in [0.05, 0.1) is 15.8 Å². The van der Waals surface area contributed by atoms with E-state index in [-0.39, 0.29) is 0 Å². The molecule has 1 aromatic rings. The van der Waals surface area contributed by atoms with Crippen LogP contribution >= 0.6 is 15.9 Å². The van der Waals surface area contributed by atoms with E-state index < -0.39 is 5.60 Å². The quantitative estimate of drug-likeness (QED) is 0.861. The minimum absolute atomic E-state index is 0.506. The first kappa shape index (κ1) is 11.9. The fraction of sp³-hybridized carbons (Fsp3) is 0.583. The summed E-state index contributed by atoms with van der Waals surface area (Å²) in [6, 6.07) is 2.02. The summed E-state index contributed by atoms with van der Waals surface area (Å²) in [7, 11) is 0. The zero-order valence-electron chi connectivity index (χ0n) is 9.49. The normalized spacial score (nSPS) is 26.6. The van der Waals surface area contributed by atoms with Crippen LogP contribution in [0.2, 0.25) is 0 Å². The molecule has 0 aromatic carbocycles. The summed E-state index contributed by atoms with van der Waals surface area (Å²) < 4.78 is 1.02. The van der Waals surface area contributed by atoms with E-state index in [9.17, 15) is 5.11 Å². The molecule has 1 unspecified atom stereocenters. The topological polar surface area (TPSA) is 36.4 Å². The van der Waals surface area contributed by atoms with Gasteiger partial charge in [-0.1, -0.05) is 0 Å². The van der Waals surface area contributed by atoms with Crippen molar-refractivity contribution in [2.24, 2.45) is 0 Å². The molecule has 1 N–H and O–H groups in total. The average Bonchev–Trinajstić information content (AvgIpc) is 2.40. The van der Waals surface area contributed by atoms with Gasteiger partial charge < -0.3 is 10.0 Å². The van der Waals surface area contributed by atoms with E-state index in [0.29, 0.717) is 0 Å². The smallest absolute Gasteiger partial charge is 0.0637 e. The summed E-state index contributed by atoms with van der Waals surface area (Å²) in [5.41, 5.74) is 0.668. The molecule has 1 saturated heterocycles. The molecule has 3 nitrogen and oxygen atoms in total. The van der Waals surface area contributed by atoms with Gasteiger partial charge >= 0.3 is 0 Å². The van der Waals surface area contributed by atoms with Gasteiger partial charge in [-0.15, -0.1) is 0 Å². The van der Waals surface area contributed by atoms with Crippen molar-refractivity contribution < 1.29 is 5.11 Å². The molecule has 1 aliphatic heterocycles. The molecule has 0 aliphatic carbocycles. The van der Waals surface area contributed by atoms with Gasteiger partial charge in [-0.3, -0.25) is 4.98 Å². The lowest BCUT2D eigenvalue weighted by Crippen LogP contribution is -2.28. The molecule has 0 bridgehead atoms. The highest BCUT2D eigenvalue weighted by Crippen LogP contribution is 2.29. The predicted octanol–water partition coefficient (Wildman–Crippen LogP) is 2.59. The van der Waals surface area contributed by atoms with Gasteiger partial charge in [-0.05, 0) is 48.2 Å². The number of hydrogen-bond acceptors (Lipinski definition) is 3. The van der Waals surface area contributed by atoms with Crippen molar-refractivity contribution in [1.29, 1.82) is 0 Å². The number of rotatable bonds is 1. The molecule has 1 aliphatic rings. The lowest BCUT2D eigenvalue weighted by Gasteiger charge is -2.24. The predicted molar refractivity (Wildman–Crippen MR) is 68.6 cm³/mol. The Bertz CT molecular complexity index is 368. The molecule has 0 radical (unpaired) electrons. The maximum Gasteiger partial charge on any atom is 0.0637 e. The molecule has 4 heteroatoms. The molecule has 0 spiro atoms. The molecule has 1 fully saturated rings. The lowest BCUT2D eigenvalue weighted by molar-refractivity contribution is 0.0481. The monoisotopic (exact) mass is 284 g/mol. The second-order valence-corrected chi connectivity index (χ2v) is 5.52. The summed E-state index contributed by atoms with van der Waals surface area (Å²) >= 11 is 3.52. The highest BCUT2D eigenvalue weighted by molar-refractivity contribution is 9.10. The Labute approximate surface area is 105 Å². The highest BCUT2D eigenvalue weighted by atomic mass is 79.9. The largest absolute Gasteiger partial charge is 0.390 e. The van der Waals surface area contributed by atoms with E-state index in [2.05, 4.69) is 25.8 Å². The molecule has 16 heavy (non-hydrogen) atoms. The van der Waals surface area contributed by atoms with Crippen LogP contribution in [-0.2, 0) is 0 Å². The van der Waals surface area contributed by atoms with Crippen LogP contribution in [0, 0.1) is 0 Å². The third kappa shape index (κ3) is 2.74. The van der Waals surface area contributed by atoms with Crippen molar-refractivity contribution in [3.05, 3.63) is 22.9 Å². The molecule has 2 rings (SSSR count). The van der Waals surface area contributed by atoms with Crippen LogP contribution in [0.15, 0.2) is 22.9 Å². The van der Waals surface area contributed by atoms with Gasteiger partial charge in [-0.25, -0.2) is 0 Å². The van der Waals surface area contributed by atoms with Gasteiger partial charge in [0, 0.05) is 25.5 Å². The van der Waals surface area contributed by atoms with Crippen LogP contribution in [0.25, 0.3) is 0 Å². The Kier molecular flexibility index (Phi) is 3.50. The van der Waals surface area contributed by atoms with Crippen molar-refractivity contribution in [3.8, 4) is 0 Å². The standard InChI is InChI=1S/C12H17BrN2O/c1-12(16)4-2-7-15(8-5-12)11-3-6-14-9-10(11)13/h3,6,9,16H,2,4-5,7-8H2,1H3. The zero-order valence-corrected chi connectivity index (χ0v) is 11.1. The van der Waals surface area contributed by atoms with Crippen LogP contribution in [0.4, 0.5) is 5.69 Å². The first-order valence-electron chi connectivity index (χ1n) is 5.65. The Balaban J connectivity index is 2.14. The minimum atomic E-state index is -0.506. The summed E-state index contributed by atoms with van der Waals surface area (Å²) in [6.07, 6.45) is 6.36. The molecule has 0 saturated carbocycles. The second kappa shape index (κ2) is 4.72. The average molecular weight is 285 g/mol. The maximum absolute atomic E-state index is 10.0. The van der Waals surface area contributed by atoms with E-state index >= 15 is 0 Å². The number of nitrogens with zero attached hydrogens (tertiary/aromatic N) is 2. The fourth-order valence-corrected chi connectivity index (χ4v) is 2.63. The van der Waals surface area contributed by atoms with Crippen molar-refractivity contribution in [2.75, 3.05) is 18.0 Å². The number of anilines is 1. The van der Waals surface area contributed by atoms with Gasteiger partial charge in [-0.2, -0.15) is 0 Å². The number of aromatic nitrogens is 1. The van der Waals surface area contributed by atoms with Crippen molar-refractivity contribution in [2.45, 2.75) is 31.8 Å². The molecule has 88 valence electrons. The van der Waals surface area contributed by atoms with E-state index in [1.54, 1.807) is 0 Å². The van der Waals surface area contributed by atoms with Crippen LogP contribution < -0.4 is 4.90 Å². The van der Waals surface area contributed by atoms with Crippen molar-refractivity contribution >= 4 is 21.6 Å². The number of pyridine rings is 1. The summed E-state index contributed by atoms with van der Waals surface area (Å²) in [5.74, 6) is 0. The molecule has 2 heterocycles. The lowest BCUT2D eigenvalue weighted by atomic mass is 9.98. The number of hydrogen-bond donors (Lipinski definition) is 1. The Morgan fingerprint density at radius 3 is 3.00 bits per heavy atom. The highest BCUT2D eigenvalue weighted by Gasteiger charge is 2.25. The second-order valence-electron chi connectivity index (χ2n) is 4.66. The molecular weight excluding hydrogens is 268 g/mol. The molecule has 1 aromatic heterocycles. The SMILES string of the molecule is CC1(O)CCCN(c2ccncc2Br)CC1. The summed E-state index contributed by atoms with van der Waals surface area (Å²) in [4.78, 5) is 6.38. The van der Waals surface area contributed by atoms with E-state index in [0.717, 1.165) is 36.8 Å².